The number of nitrogens with one attached hydrogen (secondary N) is 1. The summed E-state index contributed by atoms with van der Waals surface area (Å²) in [7, 11) is 0. The molecule has 1 atom stereocenters. The summed E-state index contributed by atoms with van der Waals surface area (Å²) in [5.41, 5.74) is 1.25. The van der Waals surface area contributed by atoms with Crippen molar-refractivity contribution in [2.24, 2.45) is 0 Å². The van der Waals surface area contributed by atoms with Crippen LogP contribution >= 0.6 is 0 Å². The van der Waals surface area contributed by atoms with E-state index >= 15 is 0 Å². The molecule has 0 amide bonds. The summed E-state index contributed by atoms with van der Waals surface area (Å²) >= 11 is 0. The summed E-state index contributed by atoms with van der Waals surface area (Å²) in [5.74, 6) is 1.05. The maximum Gasteiger partial charge on any atom is 0.132 e. The molecular weight excluding hydrogens is 258 g/mol. The molecule has 0 fully saturated rings. The van der Waals surface area contributed by atoms with Gasteiger partial charge >= 0.3 is 0 Å². The van der Waals surface area contributed by atoms with Gasteiger partial charge in [0.05, 0.1) is 6.10 Å². The van der Waals surface area contributed by atoms with Crippen LogP contribution in [0.1, 0.15) is 52.1 Å². The van der Waals surface area contributed by atoms with Crippen LogP contribution in [0.25, 0.3) is 10.8 Å². The Morgan fingerprint density at radius 3 is 2.38 bits per heavy atom. The fraction of sp³-hybridized carbons (Fsp3) is 0.474. The molecule has 0 aromatic heterocycles. The molecule has 1 unspecified atom stereocenters. The molecule has 0 aliphatic rings. The first-order valence-corrected chi connectivity index (χ1v) is 8.12. The Labute approximate surface area is 128 Å². The van der Waals surface area contributed by atoms with E-state index in [-0.39, 0.29) is 6.10 Å². The lowest BCUT2D eigenvalue weighted by Crippen LogP contribution is -2.21. The molecular formula is C19H27NO. The third kappa shape index (κ3) is 3.56. The van der Waals surface area contributed by atoms with E-state index in [9.17, 15) is 0 Å². The fourth-order valence-electron chi connectivity index (χ4n) is 2.77. The number of hydrogen-bond acceptors (Lipinski definition) is 2. The number of fused-ring (bicyclic) bond motifs is 1. The molecule has 0 aliphatic heterocycles. The van der Waals surface area contributed by atoms with E-state index < -0.39 is 0 Å². The zero-order chi connectivity index (χ0) is 15.2. The lowest BCUT2D eigenvalue weighted by atomic mass is 10.0. The highest BCUT2D eigenvalue weighted by molar-refractivity contribution is 5.89. The number of hydrogen-bond donors (Lipinski definition) is 1. The highest BCUT2D eigenvalue weighted by Crippen LogP contribution is 2.35. The van der Waals surface area contributed by atoms with Crippen molar-refractivity contribution in [2.45, 2.75) is 52.7 Å². The van der Waals surface area contributed by atoms with Crippen molar-refractivity contribution in [3.05, 3.63) is 42.0 Å². The minimum Gasteiger partial charge on any atom is -0.489 e. The van der Waals surface area contributed by atoms with Crippen LogP contribution in [-0.2, 0) is 0 Å². The van der Waals surface area contributed by atoms with Crippen LogP contribution in [0.3, 0.4) is 0 Å². The van der Waals surface area contributed by atoms with Gasteiger partial charge in [0.2, 0.25) is 0 Å². The lowest BCUT2D eigenvalue weighted by molar-refractivity contribution is 0.192. The van der Waals surface area contributed by atoms with Crippen molar-refractivity contribution in [1.82, 2.24) is 5.32 Å². The third-order valence-electron chi connectivity index (χ3n) is 4.08. The largest absolute Gasteiger partial charge is 0.489 e. The van der Waals surface area contributed by atoms with Crippen LogP contribution in [0.2, 0.25) is 0 Å². The molecule has 2 heteroatoms. The average molecular weight is 285 g/mol. The van der Waals surface area contributed by atoms with Crippen molar-refractivity contribution in [1.29, 1.82) is 0 Å². The SMILES string of the molecule is CCNC(C)c1ccc2ccccc2c1OC(CC)CC. The van der Waals surface area contributed by atoms with Crippen LogP contribution in [0.4, 0.5) is 0 Å². The normalized spacial score (nSPS) is 12.8. The van der Waals surface area contributed by atoms with E-state index in [4.69, 9.17) is 4.74 Å². The second-order valence-electron chi connectivity index (χ2n) is 5.54. The van der Waals surface area contributed by atoms with Crippen LogP contribution in [0.5, 0.6) is 5.75 Å². The maximum absolute atomic E-state index is 6.38. The van der Waals surface area contributed by atoms with Gasteiger partial charge in [-0.15, -0.1) is 0 Å². The molecule has 114 valence electrons. The van der Waals surface area contributed by atoms with Gasteiger partial charge in [0, 0.05) is 17.0 Å². The van der Waals surface area contributed by atoms with Gasteiger partial charge < -0.3 is 10.1 Å². The Kier molecular flexibility index (Phi) is 5.63. The molecule has 0 spiro atoms. The summed E-state index contributed by atoms with van der Waals surface area (Å²) < 4.78 is 6.38. The third-order valence-corrected chi connectivity index (χ3v) is 4.08. The molecule has 1 N–H and O–H groups in total. The molecule has 2 rings (SSSR count). The van der Waals surface area contributed by atoms with Crippen LogP contribution < -0.4 is 10.1 Å². The fourth-order valence-corrected chi connectivity index (χ4v) is 2.77. The number of rotatable bonds is 7. The van der Waals surface area contributed by atoms with Gasteiger partial charge in [-0.1, -0.05) is 57.2 Å². The molecule has 2 aromatic rings. The first-order chi connectivity index (χ1) is 10.2. The van der Waals surface area contributed by atoms with E-state index in [2.05, 4.69) is 69.4 Å². The van der Waals surface area contributed by atoms with Crippen molar-refractivity contribution >= 4 is 10.8 Å². The highest BCUT2D eigenvalue weighted by Gasteiger charge is 2.16. The van der Waals surface area contributed by atoms with E-state index in [0.717, 1.165) is 25.1 Å². The zero-order valence-corrected chi connectivity index (χ0v) is 13.6. The van der Waals surface area contributed by atoms with Gasteiger partial charge in [0.15, 0.2) is 0 Å². The quantitative estimate of drug-likeness (QED) is 0.766. The maximum atomic E-state index is 6.38. The van der Waals surface area contributed by atoms with E-state index in [1.54, 1.807) is 0 Å². The molecule has 21 heavy (non-hydrogen) atoms. The van der Waals surface area contributed by atoms with Crippen molar-refractivity contribution in [3.63, 3.8) is 0 Å². The van der Waals surface area contributed by atoms with Crippen molar-refractivity contribution in [2.75, 3.05) is 6.54 Å². The van der Waals surface area contributed by atoms with Crippen molar-refractivity contribution in [3.8, 4) is 5.75 Å². The van der Waals surface area contributed by atoms with Crippen molar-refractivity contribution < 1.29 is 4.74 Å². The van der Waals surface area contributed by atoms with Gasteiger partial charge in [-0.25, -0.2) is 0 Å². The lowest BCUT2D eigenvalue weighted by Gasteiger charge is -2.23. The second-order valence-corrected chi connectivity index (χ2v) is 5.54. The predicted molar refractivity (Wildman–Crippen MR) is 91.0 cm³/mol. The standard InChI is InChI=1S/C19H27NO/c1-5-16(6-2)21-19-17(14(4)20-7-3)13-12-15-10-8-9-11-18(15)19/h8-14,16,20H,5-7H2,1-4H3. The molecule has 0 aliphatic carbocycles. The minimum absolute atomic E-state index is 0.281. The predicted octanol–water partition coefficient (Wildman–Crippen LogP) is 5.08. The molecule has 0 saturated carbocycles. The Bertz CT molecular complexity index is 575. The van der Waals surface area contributed by atoms with Crippen LogP contribution in [0, 0.1) is 0 Å². The Morgan fingerprint density at radius 1 is 1.00 bits per heavy atom. The molecule has 0 bridgehead atoms. The first-order valence-electron chi connectivity index (χ1n) is 8.12. The smallest absolute Gasteiger partial charge is 0.132 e. The van der Waals surface area contributed by atoms with Gasteiger partial charge in [-0.2, -0.15) is 0 Å². The summed E-state index contributed by atoms with van der Waals surface area (Å²) in [5, 5.41) is 5.95. The zero-order valence-electron chi connectivity index (χ0n) is 13.6. The van der Waals surface area contributed by atoms with E-state index in [0.29, 0.717) is 6.04 Å². The monoisotopic (exact) mass is 285 g/mol. The van der Waals surface area contributed by atoms with E-state index in [1.165, 1.54) is 16.3 Å². The second kappa shape index (κ2) is 7.46. The topological polar surface area (TPSA) is 21.3 Å². The Hall–Kier alpha value is -1.54. The highest BCUT2D eigenvalue weighted by atomic mass is 16.5. The summed E-state index contributed by atoms with van der Waals surface area (Å²) in [4.78, 5) is 0. The average Bonchev–Trinajstić information content (AvgIpc) is 2.52. The molecule has 2 nitrogen and oxygen atoms in total. The van der Waals surface area contributed by atoms with Crippen LogP contribution in [0.15, 0.2) is 36.4 Å². The van der Waals surface area contributed by atoms with Crippen LogP contribution in [-0.4, -0.2) is 12.6 Å². The summed E-state index contributed by atoms with van der Waals surface area (Å²) in [6, 6.07) is 13.2. The minimum atomic E-state index is 0.281. The van der Waals surface area contributed by atoms with E-state index in [1.807, 2.05) is 0 Å². The van der Waals surface area contributed by atoms with Gasteiger partial charge in [-0.05, 0) is 31.7 Å². The first kappa shape index (κ1) is 15.8. The molecule has 0 radical (unpaired) electrons. The van der Waals surface area contributed by atoms with Gasteiger partial charge in [-0.3, -0.25) is 0 Å². The Balaban J connectivity index is 2.51. The molecule has 0 saturated heterocycles. The molecule has 2 aromatic carbocycles. The summed E-state index contributed by atoms with van der Waals surface area (Å²) in [6.45, 7) is 9.67. The van der Waals surface area contributed by atoms with Gasteiger partial charge in [0.25, 0.3) is 0 Å². The number of benzene rings is 2. The molecule has 0 heterocycles. The summed E-state index contributed by atoms with van der Waals surface area (Å²) in [6.07, 6.45) is 2.35. The Morgan fingerprint density at radius 2 is 1.71 bits per heavy atom. The van der Waals surface area contributed by atoms with Gasteiger partial charge in [0.1, 0.15) is 5.75 Å². The number of ether oxygens (including phenoxy) is 1.